The van der Waals surface area contributed by atoms with Gasteiger partial charge in [0.05, 0.1) is 12.7 Å². The molecule has 0 saturated carbocycles. The minimum Gasteiger partial charge on any atom is -0.377 e. The molecule has 0 N–H and O–H groups in total. The Hall–Kier alpha value is -0.480. The first-order chi connectivity index (χ1) is 4.33. The van der Waals surface area contributed by atoms with Crippen molar-refractivity contribution in [2.45, 2.75) is 25.9 Å². The minimum atomic E-state index is 0.376. The topological polar surface area (TPSA) is 9.23 Å². The predicted molar refractivity (Wildman–Crippen MR) is 37.0 cm³/mol. The third-order valence-corrected chi connectivity index (χ3v) is 1.74. The lowest BCUT2D eigenvalue weighted by Crippen LogP contribution is -2.22. The lowest BCUT2D eigenvalue weighted by molar-refractivity contribution is 0.0100. The summed E-state index contributed by atoms with van der Waals surface area (Å²) in [5.41, 5.74) is 0. The van der Waals surface area contributed by atoms with Crippen molar-refractivity contribution in [3.63, 3.8) is 0 Å². The van der Waals surface area contributed by atoms with Gasteiger partial charge in [0.2, 0.25) is 0 Å². The van der Waals surface area contributed by atoms with Crippen molar-refractivity contribution in [3.05, 3.63) is 0 Å². The molecule has 50 valence electrons. The van der Waals surface area contributed by atoms with Crippen LogP contribution in [0.2, 0.25) is 0 Å². The molecule has 1 nitrogen and oxygen atoms in total. The number of rotatable bonds is 0. The zero-order valence-corrected chi connectivity index (χ0v) is 5.76. The smallest absolute Gasteiger partial charge is 0.0607 e. The van der Waals surface area contributed by atoms with Crippen molar-refractivity contribution in [2.75, 3.05) is 6.61 Å². The molecule has 2 unspecified atom stereocenters. The first-order valence-electron chi connectivity index (χ1n) is 3.40. The van der Waals surface area contributed by atoms with Gasteiger partial charge in [0.15, 0.2) is 0 Å². The summed E-state index contributed by atoms with van der Waals surface area (Å²) in [7, 11) is 0. The molecular weight excluding hydrogens is 112 g/mol. The number of terminal acetylenes is 1. The number of hydrogen-bond acceptors (Lipinski definition) is 1. The van der Waals surface area contributed by atoms with Crippen molar-refractivity contribution < 1.29 is 4.74 Å². The van der Waals surface area contributed by atoms with Crippen LogP contribution in [0.4, 0.5) is 0 Å². The van der Waals surface area contributed by atoms with E-state index in [1.807, 2.05) is 0 Å². The van der Waals surface area contributed by atoms with Crippen LogP contribution in [0.1, 0.15) is 19.8 Å². The molecule has 0 spiro atoms. The molecule has 0 radical (unpaired) electrons. The SMILES string of the molecule is C#CC1CCC(C)OC1. The third kappa shape index (κ3) is 1.73. The highest BCUT2D eigenvalue weighted by molar-refractivity contribution is 4.94. The van der Waals surface area contributed by atoms with Crippen LogP contribution in [0.25, 0.3) is 0 Å². The highest BCUT2D eigenvalue weighted by Gasteiger charge is 2.15. The van der Waals surface area contributed by atoms with Crippen LogP contribution >= 0.6 is 0 Å². The molecule has 0 aliphatic carbocycles. The van der Waals surface area contributed by atoms with Gasteiger partial charge >= 0.3 is 0 Å². The van der Waals surface area contributed by atoms with Crippen molar-refractivity contribution in [2.24, 2.45) is 5.92 Å². The molecule has 0 bridgehead atoms. The maximum Gasteiger partial charge on any atom is 0.0607 e. The van der Waals surface area contributed by atoms with Gasteiger partial charge in [-0.2, -0.15) is 0 Å². The molecule has 0 amide bonds. The zero-order valence-electron chi connectivity index (χ0n) is 5.76. The summed E-state index contributed by atoms with van der Waals surface area (Å²) in [5.74, 6) is 3.08. The second-order valence-corrected chi connectivity index (χ2v) is 2.58. The fraction of sp³-hybridized carbons (Fsp3) is 0.750. The Balaban J connectivity index is 2.28. The van der Waals surface area contributed by atoms with Gasteiger partial charge in [-0.05, 0) is 19.8 Å². The molecule has 1 rings (SSSR count). The van der Waals surface area contributed by atoms with Crippen molar-refractivity contribution in [1.29, 1.82) is 0 Å². The average molecular weight is 124 g/mol. The lowest BCUT2D eigenvalue weighted by Gasteiger charge is -2.22. The van der Waals surface area contributed by atoms with E-state index in [4.69, 9.17) is 11.2 Å². The van der Waals surface area contributed by atoms with Crippen molar-refractivity contribution >= 4 is 0 Å². The molecule has 9 heavy (non-hydrogen) atoms. The van der Waals surface area contributed by atoms with Gasteiger partial charge < -0.3 is 4.74 Å². The summed E-state index contributed by atoms with van der Waals surface area (Å²) >= 11 is 0. The fourth-order valence-corrected chi connectivity index (χ4v) is 1.01. The molecule has 1 fully saturated rings. The number of ether oxygens (including phenoxy) is 1. The van der Waals surface area contributed by atoms with Gasteiger partial charge in [-0.1, -0.05) is 0 Å². The van der Waals surface area contributed by atoms with Gasteiger partial charge in [0.1, 0.15) is 0 Å². The van der Waals surface area contributed by atoms with Crippen LogP contribution in [0.5, 0.6) is 0 Å². The van der Waals surface area contributed by atoms with Crippen LogP contribution in [-0.4, -0.2) is 12.7 Å². The van der Waals surface area contributed by atoms with Gasteiger partial charge in [-0.3, -0.25) is 0 Å². The average Bonchev–Trinajstić information content (AvgIpc) is 1.90. The molecule has 1 aliphatic rings. The molecule has 0 aromatic carbocycles. The number of hydrogen-bond donors (Lipinski definition) is 0. The molecule has 0 aromatic heterocycles. The molecule has 1 saturated heterocycles. The van der Waals surface area contributed by atoms with Gasteiger partial charge in [-0.15, -0.1) is 12.3 Å². The van der Waals surface area contributed by atoms with Gasteiger partial charge in [-0.25, -0.2) is 0 Å². The van der Waals surface area contributed by atoms with Crippen LogP contribution in [0.3, 0.4) is 0 Å². The van der Waals surface area contributed by atoms with Crippen LogP contribution < -0.4 is 0 Å². The van der Waals surface area contributed by atoms with E-state index in [1.54, 1.807) is 0 Å². The van der Waals surface area contributed by atoms with E-state index in [9.17, 15) is 0 Å². The second kappa shape index (κ2) is 2.89. The largest absolute Gasteiger partial charge is 0.377 e. The van der Waals surface area contributed by atoms with E-state index in [2.05, 4.69) is 12.8 Å². The molecule has 1 heteroatoms. The van der Waals surface area contributed by atoms with E-state index in [0.29, 0.717) is 12.0 Å². The van der Waals surface area contributed by atoms with Crippen LogP contribution in [-0.2, 0) is 4.74 Å². The van der Waals surface area contributed by atoms with E-state index >= 15 is 0 Å². The molecule has 2 atom stereocenters. The maximum atomic E-state index is 5.34. The van der Waals surface area contributed by atoms with E-state index < -0.39 is 0 Å². The van der Waals surface area contributed by atoms with Crippen molar-refractivity contribution in [3.8, 4) is 12.3 Å². The Morgan fingerprint density at radius 3 is 2.78 bits per heavy atom. The molecular formula is C8H12O. The fourth-order valence-electron chi connectivity index (χ4n) is 1.01. The van der Waals surface area contributed by atoms with Crippen molar-refractivity contribution in [1.82, 2.24) is 0 Å². The Bertz CT molecular complexity index is 115. The third-order valence-electron chi connectivity index (χ3n) is 1.74. The quantitative estimate of drug-likeness (QED) is 0.444. The summed E-state index contributed by atoms with van der Waals surface area (Å²) in [5, 5.41) is 0. The Morgan fingerprint density at radius 2 is 2.33 bits per heavy atom. The summed E-state index contributed by atoms with van der Waals surface area (Å²) in [6, 6.07) is 0. The van der Waals surface area contributed by atoms with Crippen LogP contribution in [0, 0.1) is 18.3 Å². The predicted octanol–water partition coefficient (Wildman–Crippen LogP) is 1.43. The summed E-state index contributed by atoms with van der Waals surface area (Å²) in [6.45, 7) is 2.85. The lowest BCUT2D eigenvalue weighted by atomic mass is 10.0. The molecule has 1 aliphatic heterocycles. The monoisotopic (exact) mass is 124 g/mol. The van der Waals surface area contributed by atoms with Crippen LogP contribution in [0.15, 0.2) is 0 Å². The highest BCUT2D eigenvalue weighted by atomic mass is 16.5. The Labute approximate surface area is 56.4 Å². The first kappa shape index (κ1) is 6.64. The minimum absolute atomic E-state index is 0.376. The van der Waals surface area contributed by atoms with Gasteiger partial charge in [0.25, 0.3) is 0 Å². The van der Waals surface area contributed by atoms with E-state index in [1.165, 1.54) is 0 Å². The summed E-state index contributed by atoms with van der Waals surface area (Å²) in [6.07, 6.45) is 7.90. The molecule has 1 heterocycles. The second-order valence-electron chi connectivity index (χ2n) is 2.58. The maximum absolute atomic E-state index is 5.34. The van der Waals surface area contributed by atoms with E-state index in [0.717, 1.165) is 19.4 Å². The zero-order chi connectivity index (χ0) is 6.69. The van der Waals surface area contributed by atoms with Gasteiger partial charge in [0, 0.05) is 5.92 Å². The summed E-state index contributed by atoms with van der Waals surface area (Å²) in [4.78, 5) is 0. The Morgan fingerprint density at radius 1 is 1.56 bits per heavy atom. The molecule has 0 aromatic rings. The highest BCUT2D eigenvalue weighted by Crippen LogP contribution is 2.16. The normalized spacial score (nSPS) is 35.6. The Kier molecular flexibility index (Phi) is 2.13. The first-order valence-corrected chi connectivity index (χ1v) is 3.40. The van der Waals surface area contributed by atoms with E-state index in [-0.39, 0.29) is 0 Å². The summed E-state index contributed by atoms with van der Waals surface area (Å²) < 4.78 is 5.34. The standard InChI is InChI=1S/C8H12O/c1-3-8-5-4-7(2)9-6-8/h1,7-8H,4-6H2,2H3.